The first kappa shape index (κ1) is 15.3. The number of hydrogen-bond acceptors (Lipinski definition) is 3. The van der Waals surface area contributed by atoms with Crippen molar-refractivity contribution < 1.29 is 8.78 Å². The van der Waals surface area contributed by atoms with Gasteiger partial charge in [-0.2, -0.15) is 5.10 Å². The van der Waals surface area contributed by atoms with E-state index in [2.05, 4.69) is 10.1 Å². The molecule has 0 amide bonds. The standard InChI is InChI=1S/C17H13F2N3S/c1-20-17-22(21-10-12-5-4-6-13(18)9-12)16(11-23-17)14-7-2-3-8-15(14)19/h2-11H,1H3/b20-17?,21-10+. The second-order valence-corrected chi connectivity index (χ2v) is 5.55. The van der Waals surface area contributed by atoms with Gasteiger partial charge in [0, 0.05) is 18.0 Å². The van der Waals surface area contributed by atoms with Crippen LogP contribution in [0, 0.1) is 11.6 Å². The number of rotatable bonds is 3. The minimum Gasteiger partial charge on any atom is -0.261 e. The molecule has 0 fully saturated rings. The van der Waals surface area contributed by atoms with Crippen molar-refractivity contribution in [3.8, 4) is 11.3 Å². The second-order valence-electron chi connectivity index (χ2n) is 4.72. The highest BCUT2D eigenvalue weighted by Crippen LogP contribution is 2.23. The second kappa shape index (κ2) is 6.66. The lowest BCUT2D eigenvalue weighted by Crippen LogP contribution is -2.11. The van der Waals surface area contributed by atoms with Gasteiger partial charge in [-0.3, -0.25) is 4.99 Å². The predicted octanol–water partition coefficient (Wildman–Crippen LogP) is 3.91. The highest BCUT2D eigenvalue weighted by molar-refractivity contribution is 7.07. The molecule has 0 radical (unpaired) electrons. The molecule has 0 N–H and O–H groups in total. The van der Waals surface area contributed by atoms with E-state index in [1.54, 1.807) is 47.4 Å². The van der Waals surface area contributed by atoms with E-state index >= 15 is 0 Å². The van der Waals surface area contributed by atoms with Gasteiger partial charge in [-0.25, -0.2) is 13.5 Å². The maximum absolute atomic E-state index is 14.0. The van der Waals surface area contributed by atoms with Crippen molar-refractivity contribution in [3.05, 3.63) is 75.9 Å². The lowest BCUT2D eigenvalue weighted by Gasteiger charge is -2.04. The summed E-state index contributed by atoms with van der Waals surface area (Å²) < 4.78 is 28.8. The van der Waals surface area contributed by atoms with E-state index in [4.69, 9.17) is 0 Å². The molecule has 2 aromatic carbocycles. The minimum atomic E-state index is -0.334. The van der Waals surface area contributed by atoms with Crippen LogP contribution in [0.2, 0.25) is 0 Å². The third-order valence-electron chi connectivity index (χ3n) is 3.20. The Kier molecular flexibility index (Phi) is 4.43. The van der Waals surface area contributed by atoms with Crippen LogP contribution in [0.3, 0.4) is 0 Å². The molecular weight excluding hydrogens is 316 g/mol. The summed E-state index contributed by atoms with van der Waals surface area (Å²) in [6.45, 7) is 0. The molecule has 0 saturated heterocycles. The molecule has 1 aromatic heterocycles. The van der Waals surface area contributed by atoms with Crippen LogP contribution < -0.4 is 4.80 Å². The molecule has 0 aliphatic heterocycles. The van der Waals surface area contributed by atoms with Gasteiger partial charge in [0.1, 0.15) is 11.6 Å². The van der Waals surface area contributed by atoms with Crippen molar-refractivity contribution in [2.24, 2.45) is 10.1 Å². The molecule has 1 heterocycles. The third kappa shape index (κ3) is 3.27. The molecule has 0 bridgehead atoms. The highest BCUT2D eigenvalue weighted by atomic mass is 32.1. The number of hydrogen-bond donors (Lipinski definition) is 0. The van der Waals surface area contributed by atoms with Gasteiger partial charge in [-0.05, 0) is 29.8 Å². The van der Waals surface area contributed by atoms with E-state index in [1.165, 1.54) is 35.8 Å². The normalized spacial score (nSPS) is 12.2. The van der Waals surface area contributed by atoms with Crippen LogP contribution >= 0.6 is 11.3 Å². The Bertz CT molecular complexity index is 925. The Morgan fingerprint density at radius 1 is 1.09 bits per heavy atom. The van der Waals surface area contributed by atoms with Gasteiger partial charge < -0.3 is 0 Å². The fraction of sp³-hybridized carbons (Fsp3) is 0.0588. The van der Waals surface area contributed by atoms with Crippen LogP contribution in [-0.4, -0.2) is 17.9 Å². The van der Waals surface area contributed by atoms with Gasteiger partial charge >= 0.3 is 0 Å². The van der Waals surface area contributed by atoms with Gasteiger partial charge in [-0.15, -0.1) is 11.3 Å². The molecule has 0 unspecified atom stereocenters. The summed E-state index contributed by atoms with van der Waals surface area (Å²) in [7, 11) is 1.64. The van der Waals surface area contributed by atoms with E-state index in [0.717, 1.165) is 0 Å². The van der Waals surface area contributed by atoms with Crippen molar-refractivity contribution in [3.63, 3.8) is 0 Å². The summed E-state index contributed by atoms with van der Waals surface area (Å²) >= 11 is 1.36. The zero-order valence-corrected chi connectivity index (χ0v) is 13.1. The Morgan fingerprint density at radius 2 is 1.91 bits per heavy atom. The first-order chi connectivity index (χ1) is 11.2. The smallest absolute Gasteiger partial charge is 0.205 e. The number of thiazole rings is 1. The number of nitrogens with zero attached hydrogens (tertiary/aromatic N) is 3. The van der Waals surface area contributed by atoms with Gasteiger partial charge in [0.15, 0.2) is 0 Å². The summed E-state index contributed by atoms with van der Waals surface area (Å²) in [4.78, 5) is 4.77. The molecular formula is C17H13F2N3S. The summed E-state index contributed by atoms with van der Waals surface area (Å²) in [5.41, 5.74) is 1.65. The molecule has 0 atom stereocenters. The average molecular weight is 329 g/mol. The minimum absolute atomic E-state index is 0.331. The Morgan fingerprint density at radius 3 is 2.65 bits per heavy atom. The molecule has 3 nitrogen and oxygen atoms in total. The molecule has 6 heteroatoms. The Balaban J connectivity index is 2.09. The molecule has 0 aliphatic carbocycles. The van der Waals surface area contributed by atoms with Crippen molar-refractivity contribution in [1.82, 2.24) is 4.68 Å². The van der Waals surface area contributed by atoms with Crippen molar-refractivity contribution in [1.29, 1.82) is 0 Å². The molecule has 116 valence electrons. The molecule has 3 aromatic rings. The quantitative estimate of drug-likeness (QED) is 0.652. The maximum atomic E-state index is 14.0. The predicted molar refractivity (Wildman–Crippen MR) is 88.6 cm³/mol. The van der Waals surface area contributed by atoms with Crippen LogP contribution in [0.1, 0.15) is 5.56 Å². The summed E-state index contributed by atoms with van der Waals surface area (Å²) in [5.74, 6) is -0.665. The van der Waals surface area contributed by atoms with E-state index in [0.29, 0.717) is 21.6 Å². The zero-order chi connectivity index (χ0) is 16.2. The van der Waals surface area contributed by atoms with Crippen LogP contribution in [0.25, 0.3) is 11.3 Å². The average Bonchev–Trinajstić information content (AvgIpc) is 2.96. The van der Waals surface area contributed by atoms with Crippen molar-refractivity contribution in [2.75, 3.05) is 7.05 Å². The lowest BCUT2D eigenvalue weighted by molar-refractivity contribution is 0.627. The first-order valence-corrected chi connectivity index (χ1v) is 7.75. The third-order valence-corrected chi connectivity index (χ3v) is 4.10. The maximum Gasteiger partial charge on any atom is 0.205 e. The van der Waals surface area contributed by atoms with Crippen LogP contribution in [-0.2, 0) is 0 Å². The highest BCUT2D eigenvalue weighted by Gasteiger charge is 2.10. The zero-order valence-electron chi connectivity index (χ0n) is 12.3. The number of halogens is 2. The van der Waals surface area contributed by atoms with Gasteiger partial charge in [0.2, 0.25) is 4.80 Å². The molecule has 3 rings (SSSR count). The molecule has 0 saturated carbocycles. The van der Waals surface area contributed by atoms with E-state index in [-0.39, 0.29) is 11.6 Å². The van der Waals surface area contributed by atoms with E-state index < -0.39 is 0 Å². The molecule has 0 spiro atoms. The summed E-state index contributed by atoms with van der Waals surface area (Å²) in [6.07, 6.45) is 1.52. The SMILES string of the molecule is CN=c1scc(-c2ccccc2F)n1/N=C/c1cccc(F)c1. The fourth-order valence-electron chi connectivity index (χ4n) is 2.13. The van der Waals surface area contributed by atoms with E-state index in [9.17, 15) is 8.78 Å². The van der Waals surface area contributed by atoms with Gasteiger partial charge in [-0.1, -0.05) is 24.3 Å². The lowest BCUT2D eigenvalue weighted by atomic mass is 10.1. The van der Waals surface area contributed by atoms with E-state index in [1.807, 2.05) is 0 Å². The summed E-state index contributed by atoms with van der Waals surface area (Å²) in [5, 5.41) is 6.14. The Hall–Kier alpha value is -2.60. The first-order valence-electron chi connectivity index (χ1n) is 6.87. The van der Waals surface area contributed by atoms with Crippen LogP contribution in [0.15, 0.2) is 64.0 Å². The van der Waals surface area contributed by atoms with Crippen LogP contribution in [0.5, 0.6) is 0 Å². The Labute approximate surface area is 135 Å². The topological polar surface area (TPSA) is 29.6 Å². The number of benzene rings is 2. The van der Waals surface area contributed by atoms with Crippen LogP contribution in [0.4, 0.5) is 8.78 Å². The fourth-order valence-corrected chi connectivity index (χ4v) is 2.92. The monoisotopic (exact) mass is 329 g/mol. The number of aromatic nitrogens is 1. The van der Waals surface area contributed by atoms with Crippen molar-refractivity contribution in [2.45, 2.75) is 0 Å². The largest absolute Gasteiger partial charge is 0.261 e. The molecule has 0 aliphatic rings. The molecule has 23 heavy (non-hydrogen) atoms. The van der Waals surface area contributed by atoms with Gasteiger partial charge in [0.05, 0.1) is 11.9 Å². The van der Waals surface area contributed by atoms with Crippen molar-refractivity contribution >= 4 is 17.6 Å². The van der Waals surface area contributed by atoms with Gasteiger partial charge in [0.25, 0.3) is 0 Å². The summed E-state index contributed by atoms with van der Waals surface area (Å²) in [6, 6.07) is 12.6.